The minimum Gasteiger partial charge on any atom is -0.458 e. The fourth-order valence-corrected chi connectivity index (χ4v) is 3.50. The third-order valence-corrected chi connectivity index (χ3v) is 4.35. The number of esters is 1. The van der Waals surface area contributed by atoms with Crippen LogP contribution in [-0.4, -0.2) is 11.6 Å². The van der Waals surface area contributed by atoms with Crippen LogP contribution in [0.25, 0.3) is 0 Å². The van der Waals surface area contributed by atoms with Gasteiger partial charge in [-0.1, -0.05) is 24.3 Å². The lowest BCUT2D eigenvalue weighted by Crippen LogP contribution is -2.37. The van der Waals surface area contributed by atoms with Crippen LogP contribution in [0.2, 0.25) is 0 Å². The normalized spacial score (nSPS) is 35.9. The van der Waals surface area contributed by atoms with Crippen LogP contribution in [0.5, 0.6) is 0 Å². The van der Waals surface area contributed by atoms with Crippen LogP contribution < -0.4 is 0 Å². The highest BCUT2D eigenvalue weighted by molar-refractivity contribution is 5.76. The Morgan fingerprint density at radius 2 is 1.75 bits per heavy atom. The van der Waals surface area contributed by atoms with Crippen LogP contribution in [-0.2, 0) is 9.53 Å². The Bertz CT molecular complexity index is 344. The molecule has 0 N–H and O–H groups in total. The van der Waals surface area contributed by atoms with Crippen LogP contribution in [0.1, 0.15) is 38.5 Å². The van der Waals surface area contributed by atoms with Gasteiger partial charge in [0.1, 0.15) is 5.60 Å². The van der Waals surface area contributed by atoms with Crippen LogP contribution in [0, 0.1) is 11.8 Å². The number of fused-ring (bicyclic) bond motifs is 2. The molecule has 3 rings (SSSR count). The molecule has 0 radical (unpaired) electrons. The fraction of sp³-hybridized carbons (Fsp3) is 0.643. The summed E-state index contributed by atoms with van der Waals surface area (Å²) in [6, 6.07) is 0. The third kappa shape index (κ3) is 1.43. The smallest absolute Gasteiger partial charge is 0.310 e. The number of allylic oxidation sites excluding steroid dienone is 4. The summed E-state index contributed by atoms with van der Waals surface area (Å²) in [6.07, 6.45) is 14.9. The van der Waals surface area contributed by atoms with E-state index in [0.29, 0.717) is 5.92 Å². The van der Waals surface area contributed by atoms with Crippen LogP contribution >= 0.6 is 0 Å². The van der Waals surface area contributed by atoms with E-state index >= 15 is 0 Å². The van der Waals surface area contributed by atoms with Crippen LogP contribution in [0.3, 0.4) is 0 Å². The zero-order valence-electron chi connectivity index (χ0n) is 9.52. The first kappa shape index (κ1) is 10.1. The van der Waals surface area contributed by atoms with Gasteiger partial charge in [-0.05, 0) is 38.5 Å². The van der Waals surface area contributed by atoms with E-state index < -0.39 is 0 Å². The summed E-state index contributed by atoms with van der Waals surface area (Å²) in [7, 11) is 0. The Balaban J connectivity index is 1.89. The zero-order chi connectivity index (χ0) is 11.0. The van der Waals surface area contributed by atoms with E-state index in [0.717, 1.165) is 38.5 Å². The van der Waals surface area contributed by atoms with Crippen molar-refractivity contribution in [3.63, 3.8) is 0 Å². The lowest BCUT2D eigenvalue weighted by atomic mass is 9.72. The number of ether oxygens (including phenoxy) is 1. The Kier molecular flexibility index (Phi) is 2.38. The standard InChI is InChI=1S/C14H18O2/c15-13-11-7-3-4-8-12(11)14(16-13)9-5-1-2-6-10-14/h1-4,11-12H,5-10H2/t11-,12+/m1/s1. The SMILES string of the molecule is O=C1OC2(CCC=CCC2)[C@H]2CC=CC[C@@H]12. The summed E-state index contributed by atoms with van der Waals surface area (Å²) < 4.78 is 5.80. The van der Waals surface area contributed by atoms with E-state index in [1.807, 2.05) is 0 Å². The van der Waals surface area contributed by atoms with E-state index in [1.54, 1.807) is 0 Å². The quantitative estimate of drug-likeness (QED) is 0.461. The maximum atomic E-state index is 11.9. The van der Waals surface area contributed by atoms with Gasteiger partial charge in [-0.25, -0.2) is 0 Å². The first-order valence-corrected chi connectivity index (χ1v) is 6.35. The molecule has 0 aromatic heterocycles. The molecule has 2 nitrogen and oxygen atoms in total. The van der Waals surface area contributed by atoms with Crippen molar-refractivity contribution >= 4 is 5.97 Å². The van der Waals surface area contributed by atoms with E-state index in [9.17, 15) is 4.79 Å². The van der Waals surface area contributed by atoms with E-state index in [2.05, 4.69) is 24.3 Å². The van der Waals surface area contributed by atoms with Crippen molar-refractivity contribution in [1.29, 1.82) is 0 Å². The van der Waals surface area contributed by atoms with Gasteiger partial charge in [-0.3, -0.25) is 4.79 Å². The first-order chi connectivity index (χ1) is 7.82. The molecular formula is C14H18O2. The molecular weight excluding hydrogens is 200 g/mol. The molecule has 0 bridgehead atoms. The molecule has 1 spiro atoms. The Morgan fingerprint density at radius 3 is 2.50 bits per heavy atom. The molecule has 2 heteroatoms. The number of hydrogen-bond acceptors (Lipinski definition) is 2. The first-order valence-electron chi connectivity index (χ1n) is 6.35. The summed E-state index contributed by atoms with van der Waals surface area (Å²) in [6.45, 7) is 0. The summed E-state index contributed by atoms with van der Waals surface area (Å²) >= 11 is 0. The molecule has 0 unspecified atom stereocenters. The van der Waals surface area contributed by atoms with Gasteiger partial charge in [-0.15, -0.1) is 0 Å². The minimum absolute atomic E-state index is 0.0521. The lowest BCUT2D eigenvalue weighted by Gasteiger charge is -2.34. The van der Waals surface area contributed by atoms with Gasteiger partial charge in [0, 0.05) is 5.92 Å². The summed E-state index contributed by atoms with van der Waals surface area (Å²) in [5, 5.41) is 0. The molecule has 0 amide bonds. The monoisotopic (exact) mass is 218 g/mol. The Morgan fingerprint density at radius 1 is 1.06 bits per heavy atom. The van der Waals surface area contributed by atoms with Gasteiger partial charge >= 0.3 is 5.97 Å². The molecule has 3 aliphatic rings. The highest BCUT2D eigenvalue weighted by atomic mass is 16.6. The van der Waals surface area contributed by atoms with Crippen molar-refractivity contribution in [2.75, 3.05) is 0 Å². The second-order valence-electron chi connectivity index (χ2n) is 5.19. The highest BCUT2D eigenvalue weighted by Gasteiger charge is 2.54. The van der Waals surface area contributed by atoms with Crippen molar-refractivity contribution in [1.82, 2.24) is 0 Å². The van der Waals surface area contributed by atoms with Crippen molar-refractivity contribution in [3.8, 4) is 0 Å². The van der Waals surface area contributed by atoms with Crippen LogP contribution in [0.4, 0.5) is 0 Å². The van der Waals surface area contributed by atoms with E-state index in [-0.39, 0.29) is 17.5 Å². The Hall–Kier alpha value is -1.05. The Labute approximate surface area is 96.4 Å². The largest absolute Gasteiger partial charge is 0.458 e. The summed E-state index contributed by atoms with van der Waals surface area (Å²) in [5.74, 6) is 0.629. The number of carbonyl (C=O) groups is 1. The predicted octanol–water partition coefficient (Wildman–Crippen LogP) is 2.99. The average Bonchev–Trinajstić information content (AvgIpc) is 2.49. The third-order valence-electron chi connectivity index (χ3n) is 4.35. The number of carbonyl (C=O) groups excluding carboxylic acids is 1. The molecule has 1 aliphatic heterocycles. The predicted molar refractivity (Wildman–Crippen MR) is 61.8 cm³/mol. The summed E-state index contributed by atoms with van der Waals surface area (Å²) in [4.78, 5) is 11.9. The molecule has 1 saturated heterocycles. The van der Waals surface area contributed by atoms with Crippen LogP contribution in [0.15, 0.2) is 24.3 Å². The van der Waals surface area contributed by atoms with E-state index in [4.69, 9.17) is 4.74 Å². The maximum absolute atomic E-state index is 11.9. The average molecular weight is 218 g/mol. The van der Waals surface area contributed by atoms with Crippen molar-refractivity contribution in [2.24, 2.45) is 11.8 Å². The fourth-order valence-electron chi connectivity index (χ4n) is 3.50. The van der Waals surface area contributed by atoms with Crippen molar-refractivity contribution in [3.05, 3.63) is 24.3 Å². The van der Waals surface area contributed by atoms with Gasteiger partial charge in [-0.2, -0.15) is 0 Å². The molecule has 1 heterocycles. The van der Waals surface area contributed by atoms with Crippen molar-refractivity contribution in [2.45, 2.75) is 44.1 Å². The minimum atomic E-state index is -0.143. The van der Waals surface area contributed by atoms with Gasteiger partial charge in [0.2, 0.25) is 0 Å². The summed E-state index contributed by atoms with van der Waals surface area (Å²) in [5.41, 5.74) is -0.143. The van der Waals surface area contributed by atoms with Crippen molar-refractivity contribution < 1.29 is 9.53 Å². The molecule has 0 saturated carbocycles. The topological polar surface area (TPSA) is 26.3 Å². The molecule has 0 aromatic carbocycles. The second kappa shape index (κ2) is 3.76. The molecule has 1 fully saturated rings. The second-order valence-corrected chi connectivity index (χ2v) is 5.19. The number of hydrogen-bond donors (Lipinski definition) is 0. The highest BCUT2D eigenvalue weighted by Crippen LogP contribution is 2.49. The molecule has 0 aromatic rings. The molecule has 16 heavy (non-hydrogen) atoms. The number of rotatable bonds is 0. The zero-order valence-corrected chi connectivity index (χ0v) is 9.52. The molecule has 2 atom stereocenters. The van der Waals surface area contributed by atoms with Gasteiger partial charge in [0.15, 0.2) is 0 Å². The lowest BCUT2D eigenvalue weighted by molar-refractivity contribution is -0.152. The van der Waals surface area contributed by atoms with Gasteiger partial charge in [0.25, 0.3) is 0 Å². The van der Waals surface area contributed by atoms with E-state index in [1.165, 1.54) is 0 Å². The molecule has 86 valence electrons. The molecule has 2 aliphatic carbocycles. The van der Waals surface area contributed by atoms with Gasteiger partial charge < -0.3 is 4.74 Å². The maximum Gasteiger partial charge on any atom is 0.310 e. The van der Waals surface area contributed by atoms with Gasteiger partial charge in [0.05, 0.1) is 5.92 Å².